The summed E-state index contributed by atoms with van der Waals surface area (Å²) < 4.78 is 5.18. The smallest absolute Gasteiger partial charge is 0.264 e. The third-order valence-electron chi connectivity index (χ3n) is 2.05. The molecule has 0 bridgehead atoms. The van der Waals surface area contributed by atoms with Gasteiger partial charge in [-0.15, -0.1) is 11.3 Å². The van der Waals surface area contributed by atoms with Crippen LogP contribution in [0.5, 0.6) is 0 Å². The van der Waals surface area contributed by atoms with Crippen molar-refractivity contribution < 1.29 is 9.21 Å². The van der Waals surface area contributed by atoms with Crippen molar-refractivity contribution in [3.63, 3.8) is 0 Å². The number of thiophene rings is 1. The fraction of sp³-hybridized carbons (Fsp3) is 0.182. The van der Waals surface area contributed by atoms with E-state index in [0.29, 0.717) is 6.54 Å². The van der Waals surface area contributed by atoms with Gasteiger partial charge in [0.2, 0.25) is 0 Å². The zero-order valence-corrected chi connectivity index (χ0v) is 9.16. The zero-order valence-electron chi connectivity index (χ0n) is 8.34. The fourth-order valence-electron chi connectivity index (χ4n) is 1.30. The average molecular weight is 221 g/mol. The van der Waals surface area contributed by atoms with Crippen LogP contribution in [-0.4, -0.2) is 17.9 Å². The first-order valence-corrected chi connectivity index (χ1v) is 5.46. The van der Waals surface area contributed by atoms with Crippen LogP contribution < -0.4 is 0 Å². The summed E-state index contributed by atoms with van der Waals surface area (Å²) in [6.45, 7) is 0.504. The predicted octanol–water partition coefficient (Wildman–Crippen LogP) is 2.61. The Morgan fingerprint density at radius 2 is 2.33 bits per heavy atom. The molecule has 0 atom stereocenters. The van der Waals surface area contributed by atoms with E-state index in [0.717, 1.165) is 10.6 Å². The Kier molecular flexibility index (Phi) is 2.87. The number of nitrogens with zero attached hydrogens (tertiary/aromatic N) is 1. The molecular formula is C11H11NO2S. The molecular weight excluding hydrogens is 210 g/mol. The lowest BCUT2D eigenvalue weighted by Crippen LogP contribution is -2.25. The lowest BCUT2D eigenvalue weighted by molar-refractivity contribution is 0.0780. The summed E-state index contributed by atoms with van der Waals surface area (Å²) in [4.78, 5) is 14.2. The van der Waals surface area contributed by atoms with Crippen molar-refractivity contribution in [3.05, 3.63) is 46.5 Å². The lowest BCUT2D eigenvalue weighted by atomic mass is 10.3. The van der Waals surface area contributed by atoms with E-state index in [1.54, 1.807) is 18.2 Å². The van der Waals surface area contributed by atoms with Crippen LogP contribution in [0.2, 0.25) is 0 Å². The third-order valence-corrected chi connectivity index (χ3v) is 2.91. The maximum absolute atomic E-state index is 11.8. The molecule has 2 aromatic heterocycles. The van der Waals surface area contributed by atoms with Crippen LogP contribution in [-0.2, 0) is 6.54 Å². The van der Waals surface area contributed by atoms with Crippen LogP contribution in [0.3, 0.4) is 0 Å². The molecule has 0 radical (unpaired) electrons. The van der Waals surface area contributed by atoms with Crippen molar-refractivity contribution in [1.29, 1.82) is 0 Å². The van der Waals surface area contributed by atoms with Crippen molar-refractivity contribution in [3.8, 4) is 0 Å². The molecule has 4 heteroatoms. The summed E-state index contributed by atoms with van der Waals surface area (Å²) >= 11 is 1.45. The summed E-state index contributed by atoms with van der Waals surface area (Å²) in [5.74, 6) is 0.823. The number of hydrogen-bond donors (Lipinski definition) is 0. The van der Waals surface area contributed by atoms with Crippen LogP contribution in [0.4, 0.5) is 0 Å². The van der Waals surface area contributed by atoms with Gasteiger partial charge < -0.3 is 9.32 Å². The molecule has 0 aliphatic heterocycles. The Labute approximate surface area is 91.9 Å². The largest absolute Gasteiger partial charge is 0.467 e. The van der Waals surface area contributed by atoms with Crippen molar-refractivity contribution in [2.45, 2.75) is 6.54 Å². The Morgan fingerprint density at radius 1 is 1.47 bits per heavy atom. The maximum Gasteiger partial charge on any atom is 0.264 e. The van der Waals surface area contributed by atoms with Crippen molar-refractivity contribution in [2.24, 2.45) is 0 Å². The van der Waals surface area contributed by atoms with E-state index in [9.17, 15) is 4.79 Å². The van der Waals surface area contributed by atoms with E-state index in [4.69, 9.17) is 4.42 Å². The fourth-order valence-corrected chi connectivity index (χ4v) is 2.01. The molecule has 1 amide bonds. The predicted molar refractivity (Wildman–Crippen MR) is 58.8 cm³/mol. The highest BCUT2D eigenvalue weighted by Gasteiger charge is 2.13. The van der Waals surface area contributed by atoms with Crippen molar-refractivity contribution in [2.75, 3.05) is 7.05 Å². The van der Waals surface area contributed by atoms with E-state index in [2.05, 4.69) is 0 Å². The maximum atomic E-state index is 11.8. The molecule has 0 aliphatic rings. The van der Waals surface area contributed by atoms with Crippen LogP contribution in [0, 0.1) is 0 Å². The molecule has 78 valence electrons. The van der Waals surface area contributed by atoms with Gasteiger partial charge in [0.25, 0.3) is 5.91 Å². The molecule has 0 aromatic carbocycles. The summed E-state index contributed by atoms with van der Waals surface area (Å²) in [5.41, 5.74) is 0. The van der Waals surface area contributed by atoms with E-state index in [1.807, 2.05) is 29.6 Å². The second kappa shape index (κ2) is 4.31. The Morgan fingerprint density at radius 3 is 2.93 bits per heavy atom. The lowest BCUT2D eigenvalue weighted by Gasteiger charge is -2.14. The van der Waals surface area contributed by atoms with Gasteiger partial charge in [0.05, 0.1) is 17.7 Å². The highest BCUT2D eigenvalue weighted by atomic mass is 32.1. The molecule has 3 nitrogen and oxygen atoms in total. The minimum absolute atomic E-state index is 0.0291. The Balaban J connectivity index is 2.03. The highest BCUT2D eigenvalue weighted by Crippen LogP contribution is 2.13. The molecule has 2 heterocycles. The van der Waals surface area contributed by atoms with Gasteiger partial charge in [0.15, 0.2) is 0 Å². The van der Waals surface area contributed by atoms with E-state index >= 15 is 0 Å². The first-order valence-electron chi connectivity index (χ1n) is 4.59. The SMILES string of the molecule is CN(Cc1ccco1)C(=O)c1cccs1. The van der Waals surface area contributed by atoms with Gasteiger partial charge in [-0.2, -0.15) is 0 Å². The minimum Gasteiger partial charge on any atom is -0.467 e. The Bertz CT molecular complexity index is 419. The quantitative estimate of drug-likeness (QED) is 0.798. The van der Waals surface area contributed by atoms with Crippen molar-refractivity contribution >= 4 is 17.2 Å². The number of furan rings is 1. The average Bonchev–Trinajstić information content (AvgIpc) is 2.88. The summed E-state index contributed by atoms with van der Waals surface area (Å²) in [5, 5.41) is 1.90. The summed E-state index contributed by atoms with van der Waals surface area (Å²) in [6.07, 6.45) is 1.61. The molecule has 0 fully saturated rings. The van der Waals surface area contributed by atoms with Gasteiger partial charge in [-0.3, -0.25) is 4.79 Å². The molecule has 0 aliphatic carbocycles. The molecule has 0 saturated heterocycles. The molecule has 0 unspecified atom stereocenters. The van der Waals surface area contributed by atoms with E-state index < -0.39 is 0 Å². The minimum atomic E-state index is 0.0291. The number of amides is 1. The van der Waals surface area contributed by atoms with Crippen molar-refractivity contribution in [1.82, 2.24) is 4.90 Å². The van der Waals surface area contributed by atoms with Gasteiger partial charge >= 0.3 is 0 Å². The summed E-state index contributed by atoms with van der Waals surface area (Å²) in [6, 6.07) is 7.38. The van der Waals surface area contributed by atoms with E-state index in [-0.39, 0.29) is 5.91 Å². The third kappa shape index (κ3) is 2.27. The topological polar surface area (TPSA) is 33.5 Å². The highest BCUT2D eigenvalue weighted by molar-refractivity contribution is 7.12. The summed E-state index contributed by atoms with van der Waals surface area (Å²) in [7, 11) is 1.77. The normalized spacial score (nSPS) is 10.2. The number of rotatable bonds is 3. The number of hydrogen-bond acceptors (Lipinski definition) is 3. The number of carbonyl (C=O) groups is 1. The monoisotopic (exact) mass is 221 g/mol. The van der Waals surface area contributed by atoms with Crippen LogP contribution in [0.25, 0.3) is 0 Å². The molecule has 15 heavy (non-hydrogen) atoms. The first-order chi connectivity index (χ1) is 7.27. The molecule has 2 aromatic rings. The Hall–Kier alpha value is -1.55. The van der Waals surface area contributed by atoms with Gasteiger partial charge in [0.1, 0.15) is 5.76 Å². The first kappa shape index (κ1) is 9.98. The van der Waals surface area contributed by atoms with Gasteiger partial charge in [-0.05, 0) is 23.6 Å². The van der Waals surface area contributed by atoms with Gasteiger partial charge in [-0.25, -0.2) is 0 Å². The second-order valence-electron chi connectivity index (χ2n) is 3.22. The molecule has 0 N–H and O–H groups in total. The molecule has 0 spiro atoms. The number of carbonyl (C=O) groups excluding carboxylic acids is 1. The zero-order chi connectivity index (χ0) is 10.7. The van der Waals surface area contributed by atoms with Crippen LogP contribution in [0.15, 0.2) is 40.3 Å². The second-order valence-corrected chi connectivity index (χ2v) is 4.17. The van der Waals surface area contributed by atoms with Crippen LogP contribution >= 0.6 is 11.3 Å². The van der Waals surface area contributed by atoms with Gasteiger partial charge in [-0.1, -0.05) is 6.07 Å². The van der Waals surface area contributed by atoms with Gasteiger partial charge in [0, 0.05) is 7.05 Å². The molecule has 2 rings (SSSR count). The standard InChI is InChI=1S/C11H11NO2S/c1-12(8-9-4-2-6-14-9)11(13)10-5-3-7-15-10/h2-7H,8H2,1H3. The van der Waals surface area contributed by atoms with E-state index in [1.165, 1.54) is 11.3 Å². The van der Waals surface area contributed by atoms with Crippen LogP contribution in [0.1, 0.15) is 15.4 Å². The molecule has 0 saturated carbocycles.